The number of nitrogens with one attached hydrogen (secondary N) is 1. The maximum absolute atomic E-state index is 14.0. The van der Waals surface area contributed by atoms with Crippen molar-refractivity contribution in [1.82, 2.24) is 10.3 Å². The zero-order chi connectivity index (χ0) is 25.8. The molecule has 1 heterocycles. The van der Waals surface area contributed by atoms with Crippen molar-refractivity contribution in [2.45, 2.75) is 57.9 Å². The molecule has 0 aliphatic carbocycles. The molecule has 0 aliphatic rings. The number of nitrogens with zero attached hydrogens (tertiary/aromatic N) is 1. The van der Waals surface area contributed by atoms with Gasteiger partial charge in [0.25, 0.3) is 5.91 Å². The number of amides is 1. The normalized spacial score (nSPS) is 13.7. The molecule has 0 saturated carbocycles. The number of ether oxygens (including phenoxy) is 1. The van der Waals surface area contributed by atoms with Gasteiger partial charge in [-0.05, 0) is 63.4 Å². The Balaban J connectivity index is 1.76. The zero-order valence-electron chi connectivity index (χ0n) is 20.0. The number of carbonyl (C=O) groups is 1. The Kier molecular flexibility index (Phi) is 7.83. The van der Waals surface area contributed by atoms with E-state index in [1.807, 2.05) is 44.2 Å². The van der Waals surface area contributed by atoms with E-state index in [4.69, 9.17) is 4.74 Å². The molecule has 0 aliphatic heterocycles. The monoisotopic (exact) mass is 488 g/mol. The summed E-state index contributed by atoms with van der Waals surface area (Å²) >= 11 is 0. The molecule has 1 amide bonds. The van der Waals surface area contributed by atoms with Gasteiger partial charge in [-0.25, -0.2) is 9.37 Å². The molecule has 0 fully saturated rings. The van der Waals surface area contributed by atoms with Crippen LogP contribution >= 0.6 is 0 Å². The number of carbonyl (C=O) groups excluding carboxylic acids is 1. The fraction of sp³-hybridized carbons (Fsp3) is 0.333. The van der Waals surface area contributed by atoms with Crippen molar-refractivity contribution in [2.75, 3.05) is 0 Å². The summed E-state index contributed by atoms with van der Waals surface area (Å²) in [4.78, 5) is 16.8. The fourth-order valence-electron chi connectivity index (χ4n) is 3.70. The second kappa shape index (κ2) is 10.5. The van der Waals surface area contributed by atoms with E-state index in [1.165, 1.54) is 26.0 Å². The number of halogens is 4. The van der Waals surface area contributed by atoms with Crippen LogP contribution in [0.5, 0.6) is 5.88 Å². The molecular formula is C27H28F4N2O2. The standard InChI is InChI=1S/C27H28F4N2O2/c1-17-8-10-19(11-9-17)14-23(20-6-5-7-22(28)15-20)18(2)33-25(34)26(3,4)35-24-13-12-21(16-32-24)27(29,30)31/h5-13,15-16,18,23H,14H2,1-4H3,(H,33,34). The lowest BCUT2D eigenvalue weighted by molar-refractivity contribution is -0.138. The number of aromatic nitrogens is 1. The van der Waals surface area contributed by atoms with E-state index in [-0.39, 0.29) is 17.6 Å². The largest absolute Gasteiger partial charge is 0.462 e. The van der Waals surface area contributed by atoms with Gasteiger partial charge in [-0.3, -0.25) is 4.79 Å². The molecule has 4 nitrogen and oxygen atoms in total. The van der Waals surface area contributed by atoms with Gasteiger partial charge in [-0.2, -0.15) is 13.2 Å². The highest BCUT2D eigenvalue weighted by Crippen LogP contribution is 2.30. The average molecular weight is 489 g/mol. The van der Waals surface area contributed by atoms with Crippen LogP contribution in [-0.2, 0) is 17.4 Å². The molecule has 1 N–H and O–H groups in total. The minimum atomic E-state index is -4.52. The third-order valence-electron chi connectivity index (χ3n) is 5.79. The number of hydrogen-bond acceptors (Lipinski definition) is 3. The first kappa shape index (κ1) is 26.2. The number of benzene rings is 2. The zero-order valence-corrected chi connectivity index (χ0v) is 20.0. The SMILES string of the molecule is Cc1ccc(CC(c2cccc(F)c2)C(C)NC(=O)C(C)(C)Oc2ccc(C(F)(F)F)cn2)cc1. The molecule has 186 valence electrons. The molecule has 0 saturated heterocycles. The Morgan fingerprint density at radius 3 is 2.31 bits per heavy atom. The molecule has 1 aromatic heterocycles. The van der Waals surface area contributed by atoms with Gasteiger partial charge in [-0.1, -0.05) is 42.0 Å². The molecule has 0 radical (unpaired) electrons. The van der Waals surface area contributed by atoms with Crippen LogP contribution in [0, 0.1) is 12.7 Å². The lowest BCUT2D eigenvalue weighted by Gasteiger charge is -2.30. The molecule has 8 heteroatoms. The minimum Gasteiger partial charge on any atom is -0.462 e. The molecular weight excluding hydrogens is 460 g/mol. The van der Waals surface area contributed by atoms with Gasteiger partial charge in [0.1, 0.15) is 5.82 Å². The molecule has 3 aromatic rings. The third-order valence-corrected chi connectivity index (χ3v) is 5.79. The van der Waals surface area contributed by atoms with Crippen molar-refractivity contribution in [3.05, 3.63) is 94.9 Å². The number of alkyl halides is 3. The first-order chi connectivity index (χ1) is 16.3. The molecule has 2 aromatic carbocycles. The predicted octanol–water partition coefficient (Wildman–Crippen LogP) is 6.24. The van der Waals surface area contributed by atoms with Crippen LogP contribution < -0.4 is 10.1 Å². The summed E-state index contributed by atoms with van der Waals surface area (Å²) in [5.41, 5.74) is 0.567. The van der Waals surface area contributed by atoms with Crippen LogP contribution in [0.1, 0.15) is 48.9 Å². The van der Waals surface area contributed by atoms with E-state index in [0.717, 1.165) is 28.8 Å². The molecule has 2 unspecified atom stereocenters. The molecule has 35 heavy (non-hydrogen) atoms. The summed E-state index contributed by atoms with van der Waals surface area (Å²) in [6.07, 6.45) is -3.29. The quantitative estimate of drug-likeness (QED) is 0.382. The summed E-state index contributed by atoms with van der Waals surface area (Å²) in [7, 11) is 0. The van der Waals surface area contributed by atoms with Crippen molar-refractivity contribution < 1.29 is 27.1 Å². The van der Waals surface area contributed by atoms with Crippen LogP contribution in [0.2, 0.25) is 0 Å². The third kappa shape index (κ3) is 7.04. The molecule has 3 rings (SSSR count). The van der Waals surface area contributed by atoms with Crippen molar-refractivity contribution in [3.8, 4) is 5.88 Å². The summed E-state index contributed by atoms with van der Waals surface area (Å²) in [6, 6.07) is 15.8. The van der Waals surface area contributed by atoms with E-state index >= 15 is 0 Å². The Hall–Kier alpha value is -3.42. The van der Waals surface area contributed by atoms with Crippen LogP contribution in [0.15, 0.2) is 66.9 Å². The first-order valence-electron chi connectivity index (χ1n) is 11.2. The summed E-state index contributed by atoms with van der Waals surface area (Å²) in [6.45, 7) is 6.83. The predicted molar refractivity (Wildman–Crippen MR) is 126 cm³/mol. The summed E-state index contributed by atoms with van der Waals surface area (Å²) in [5, 5.41) is 2.93. The number of aryl methyl sites for hydroxylation is 1. The maximum Gasteiger partial charge on any atom is 0.417 e. The topological polar surface area (TPSA) is 51.2 Å². The lowest BCUT2D eigenvalue weighted by Crippen LogP contribution is -2.51. The van der Waals surface area contributed by atoms with E-state index in [1.54, 1.807) is 6.07 Å². The Morgan fingerprint density at radius 1 is 1.06 bits per heavy atom. The van der Waals surface area contributed by atoms with E-state index < -0.39 is 29.3 Å². The number of hydrogen-bond donors (Lipinski definition) is 1. The highest BCUT2D eigenvalue weighted by atomic mass is 19.4. The van der Waals surface area contributed by atoms with Gasteiger partial charge in [0.05, 0.1) is 5.56 Å². The molecule has 2 atom stereocenters. The summed E-state index contributed by atoms with van der Waals surface area (Å²) < 4.78 is 57.9. The van der Waals surface area contributed by atoms with Crippen molar-refractivity contribution in [3.63, 3.8) is 0 Å². The smallest absolute Gasteiger partial charge is 0.417 e. The maximum atomic E-state index is 14.0. The van der Waals surface area contributed by atoms with Crippen LogP contribution in [0.25, 0.3) is 0 Å². The van der Waals surface area contributed by atoms with Gasteiger partial charge < -0.3 is 10.1 Å². The second-order valence-corrected chi connectivity index (χ2v) is 9.11. The number of rotatable bonds is 8. The van der Waals surface area contributed by atoms with E-state index in [0.29, 0.717) is 12.6 Å². The second-order valence-electron chi connectivity index (χ2n) is 9.11. The Labute approximate surface area is 202 Å². The van der Waals surface area contributed by atoms with E-state index in [2.05, 4.69) is 10.3 Å². The molecule has 0 spiro atoms. The van der Waals surface area contributed by atoms with Crippen LogP contribution in [-0.4, -0.2) is 22.5 Å². The fourth-order valence-corrected chi connectivity index (χ4v) is 3.70. The molecule has 0 bridgehead atoms. The van der Waals surface area contributed by atoms with Gasteiger partial charge >= 0.3 is 6.18 Å². The average Bonchev–Trinajstić information content (AvgIpc) is 2.78. The van der Waals surface area contributed by atoms with Crippen molar-refractivity contribution in [1.29, 1.82) is 0 Å². The van der Waals surface area contributed by atoms with E-state index in [9.17, 15) is 22.4 Å². The van der Waals surface area contributed by atoms with Crippen LogP contribution in [0.3, 0.4) is 0 Å². The Bertz CT molecular complexity index is 1140. The highest BCUT2D eigenvalue weighted by Gasteiger charge is 2.34. The lowest BCUT2D eigenvalue weighted by atomic mass is 9.86. The Morgan fingerprint density at radius 2 is 1.74 bits per heavy atom. The number of pyridine rings is 1. The summed E-state index contributed by atoms with van der Waals surface area (Å²) in [5.74, 6) is -1.19. The first-order valence-corrected chi connectivity index (χ1v) is 11.2. The van der Waals surface area contributed by atoms with Gasteiger partial charge in [0.15, 0.2) is 5.60 Å². The van der Waals surface area contributed by atoms with Crippen LogP contribution in [0.4, 0.5) is 17.6 Å². The highest BCUT2D eigenvalue weighted by molar-refractivity contribution is 5.85. The van der Waals surface area contributed by atoms with Crippen molar-refractivity contribution in [2.24, 2.45) is 0 Å². The van der Waals surface area contributed by atoms with Gasteiger partial charge in [0, 0.05) is 24.2 Å². The minimum absolute atomic E-state index is 0.105. The van der Waals surface area contributed by atoms with Crippen molar-refractivity contribution >= 4 is 5.91 Å². The van der Waals surface area contributed by atoms with Gasteiger partial charge in [0.2, 0.25) is 5.88 Å². The van der Waals surface area contributed by atoms with Gasteiger partial charge in [-0.15, -0.1) is 0 Å².